The van der Waals surface area contributed by atoms with Gasteiger partial charge < -0.3 is 4.57 Å². The number of rotatable bonds is 4. The standard InChI is InChI=1S/C51H32N2/c1-2-10-35-30-39(21-17-33(35)9-1)50-43-12-3-5-14-45(43)51(46-15-6-4-13-44(46)50)40-22-20-37-29-36(18-19-38(37)31-40)34-23-25-41(26-24-34)53-48-16-8-7-11-42(48)47-32-52-28-27-49(47)53/h1-32H. The minimum absolute atomic E-state index is 1.14. The van der Waals surface area contributed by atoms with Gasteiger partial charge in [-0.15, -0.1) is 0 Å². The van der Waals surface area contributed by atoms with E-state index < -0.39 is 0 Å². The number of para-hydroxylation sites is 1. The number of pyridine rings is 1. The molecule has 11 aromatic rings. The Bertz CT molecular complexity index is 3110. The van der Waals surface area contributed by atoms with Crippen LogP contribution in [0.5, 0.6) is 0 Å². The number of nitrogens with zero attached hydrogens (tertiary/aromatic N) is 2. The first-order chi connectivity index (χ1) is 26.3. The Labute approximate surface area is 306 Å². The van der Waals surface area contributed by atoms with E-state index in [-0.39, 0.29) is 0 Å². The molecule has 0 spiro atoms. The Morgan fingerprint density at radius 1 is 0.321 bits per heavy atom. The lowest BCUT2D eigenvalue weighted by atomic mass is 9.85. The molecule has 2 nitrogen and oxygen atoms in total. The van der Waals surface area contributed by atoms with Crippen molar-refractivity contribution < 1.29 is 0 Å². The van der Waals surface area contributed by atoms with Gasteiger partial charge in [-0.25, -0.2) is 0 Å². The SMILES string of the molecule is c1ccc2cc(-c3c4ccccc4c(-c4ccc5cc(-c6ccc(-n7c8ccccc8c8cnccc87)cc6)ccc5c4)c4ccccc34)ccc2c1. The quantitative estimate of drug-likeness (QED) is 0.170. The third-order valence-electron chi connectivity index (χ3n) is 11.0. The Morgan fingerprint density at radius 2 is 0.774 bits per heavy atom. The molecule has 11 rings (SSSR count). The monoisotopic (exact) mass is 672 g/mol. The summed E-state index contributed by atoms with van der Waals surface area (Å²) in [5.74, 6) is 0. The van der Waals surface area contributed by atoms with Crippen LogP contribution in [0.4, 0.5) is 0 Å². The van der Waals surface area contributed by atoms with Crippen LogP contribution in [0.1, 0.15) is 0 Å². The van der Waals surface area contributed by atoms with Crippen LogP contribution in [-0.2, 0) is 0 Å². The smallest absolute Gasteiger partial charge is 0.0571 e. The predicted octanol–water partition coefficient (Wildman–Crippen LogP) is 13.8. The van der Waals surface area contributed by atoms with E-state index >= 15 is 0 Å². The number of fused-ring (bicyclic) bond motifs is 7. The molecule has 0 radical (unpaired) electrons. The highest BCUT2D eigenvalue weighted by Gasteiger charge is 2.17. The zero-order valence-electron chi connectivity index (χ0n) is 28.9. The number of aromatic nitrogens is 2. The third kappa shape index (κ3) is 4.70. The lowest BCUT2D eigenvalue weighted by Gasteiger charge is -2.18. The predicted molar refractivity (Wildman–Crippen MR) is 225 cm³/mol. The lowest BCUT2D eigenvalue weighted by molar-refractivity contribution is 1.17. The van der Waals surface area contributed by atoms with E-state index in [2.05, 4.69) is 192 Å². The van der Waals surface area contributed by atoms with Crippen LogP contribution in [0.25, 0.3) is 104 Å². The highest BCUT2D eigenvalue weighted by Crippen LogP contribution is 2.44. The molecule has 0 unspecified atom stereocenters. The summed E-state index contributed by atoms with van der Waals surface area (Å²) >= 11 is 0. The van der Waals surface area contributed by atoms with Gasteiger partial charge in [-0.3, -0.25) is 4.98 Å². The highest BCUT2D eigenvalue weighted by atomic mass is 15.0. The van der Waals surface area contributed by atoms with E-state index in [9.17, 15) is 0 Å². The molecule has 9 aromatic carbocycles. The number of hydrogen-bond acceptors (Lipinski definition) is 1. The van der Waals surface area contributed by atoms with Crippen molar-refractivity contribution in [3.8, 4) is 39.1 Å². The van der Waals surface area contributed by atoms with Crippen LogP contribution < -0.4 is 0 Å². The largest absolute Gasteiger partial charge is 0.309 e. The Hall–Kier alpha value is -7.03. The molecule has 2 aromatic heterocycles. The molecular weight excluding hydrogens is 641 g/mol. The van der Waals surface area contributed by atoms with Gasteiger partial charge in [0.1, 0.15) is 0 Å². The molecule has 0 fully saturated rings. The van der Waals surface area contributed by atoms with Gasteiger partial charge in [0.05, 0.1) is 11.0 Å². The minimum atomic E-state index is 1.14. The second kappa shape index (κ2) is 11.8. The normalized spacial score (nSPS) is 11.8. The summed E-state index contributed by atoms with van der Waals surface area (Å²) in [4.78, 5) is 4.41. The third-order valence-corrected chi connectivity index (χ3v) is 11.0. The molecular formula is C51H32N2. The molecule has 0 saturated carbocycles. The first-order valence-corrected chi connectivity index (χ1v) is 18.2. The molecule has 0 amide bonds. The molecule has 0 aliphatic rings. The van der Waals surface area contributed by atoms with Crippen molar-refractivity contribution in [2.75, 3.05) is 0 Å². The zero-order chi connectivity index (χ0) is 34.9. The molecule has 0 atom stereocenters. The summed E-state index contributed by atoms with van der Waals surface area (Å²) in [6, 6.07) is 66.7. The maximum absolute atomic E-state index is 4.41. The molecule has 53 heavy (non-hydrogen) atoms. The van der Waals surface area contributed by atoms with Crippen molar-refractivity contribution in [2.45, 2.75) is 0 Å². The molecule has 0 saturated heterocycles. The fourth-order valence-electron chi connectivity index (χ4n) is 8.57. The van der Waals surface area contributed by atoms with Crippen molar-refractivity contribution in [1.29, 1.82) is 0 Å². The molecule has 0 bridgehead atoms. The van der Waals surface area contributed by atoms with Gasteiger partial charge in [0.25, 0.3) is 0 Å². The minimum Gasteiger partial charge on any atom is -0.309 e. The second-order valence-electron chi connectivity index (χ2n) is 14.0. The number of benzene rings is 9. The highest BCUT2D eigenvalue weighted by molar-refractivity contribution is 6.22. The summed E-state index contributed by atoms with van der Waals surface area (Å²) < 4.78 is 2.33. The summed E-state index contributed by atoms with van der Waals surface area (Å²) in [7, 11) is 0. The van der Waals surface area contributed by atoms with E-state index in [4.69, 9.17) is 0 Å². The van der Waals surface area contributed by atoms with E-state index in [0.717, 1.165) is 5.69 Å². The van der Waals surface area contributed by atoms with Crippen LogP contribution >= 0.6 is 0 Å². The van der Waals surface area contributed by atoms with E-state index in [1.807, 2.05) is 12.4 Å². The first kappa shape index (κ1) is 29.7. The van der Waals surface area contributed by atoms with Crippen molar-refractivity contribution in [3.63, 3.8) is 0 Å². The van der Waals surface area contributed by atoms with Gasteiger partial charge in [-0.05, 0) is 119 Å². The second-order valence-corrected chi connectivity index (χ2v) is 14.0. The summed E-state index contributed by atoms with van der Waals surface area (Å²) in [5, 5.41) is 12.4. The average Bonchev–Trinajstić information content (AvgIpc) is 3.56. The van der Waals surface area contributed by atoms with Crippen molar-refractivity contribution >= 4 is 64.9 Å². The maximum Gasteiger partial charge on any atom is 0.0571 e. The van der Waals surface area contributed by atoms with Gasteiger partial charge in [-0.2, -0.15) is 0 Å². The Kier molecular flexibility index (Phi) is 6.59. The molecule has 246 valence electrons. The lowest BCUT2D eigenvalue weighted by Crippen LogP contribution is -1.93. The van der Waals surface area contributed by atoms with E-state index in [1.54, 1.807) is 0 Å². The Morgan fingerprint density at radius 3 is 1.42 bits per heavy atom. The van der Waals surface area contributed by atoms with Crippen molar-refractivity contribution in [1.82, 2.24) is 9.55 Å². The summed E-state index contributed by atoms with van der Waals surface area (Å²) in [6.45, 7) is 0. The maximum atomic E-state index is 4.41. The number of hydrogen-bond donors (Lipinski definition) is 0. The van der Waals surface area contributed by atoms with E-state index in [1.165, 1.54) is 98.3 Å². The average molecular weight is 673 g/mol. The van der Waals surface area contributed by atoms with E-state index in [0.29, 0.717) is 0 Å². The van der Waals surface area contributed by atoms with Crippen LogP contribution in [0.3, 0.4) is 0 Å². The van der Waals surface area contributed by atoms with Crippen LogP contribution in [-0.4, -0.2) is 9.55 Å². The van der Waals surface area contributed by atoms with Gasteiger partial charge in [0, 0.05) is 28.9 Å². The Balaban J connectivity index is 1.01. The topological polar surface area (TPSA) is 17.8 Å². The molecule has 2 heteroatoms. The van der Waals surface area contributed by atoms with Gasteiger partial charge >= 0.3 is 0 Å². The van der Waals surface area contributed by atoms with Gasteiger partial charge in [0.2, 0.25) is 0 Å². The van der Waals surface area contributed by atoms with Gasteiger partial charge in [0.15, 0.2) is 0 Å². The van der Waals surface area contributed by atoms with Crippen LogP contribution in [0.2, 0.25) is 0 Å². The molecule has 2 heterocycles. The zero-order valence-corrected chi connectivity index (χ0v) is 28.9. The molecule has 0 N–H and O–H groups in total. The summed E-state index contributed by atoms with van der Waals surface area (Å²) in [5.41, 5.74) is 10.9. The van der Waals surface area contributed by atoms with Crippen LogP contribution in [0.15, 0.2) is 194 Å². The summed E-state index contributed by atoms with van der Waals surface area (Å²) in [6.07, 6.45) is 3.84. The molecule has 0 aliphatic heterocycles. The molecule has 0 aliphatic carbocycles. The van der Waals surface area contributed by atoms with Crippen LogP contribution in [0, 0.1) is 0 Å². The van der Waals surface area contributed by atoms with Crippen molar-refractivity contribution in [3.05, 3.63) is 194 Å². The first-order valence-electron chi connectivity index (χ1n) is 18.2. The van der Waals surface area contributed by atoms with Gasteiger partial charge in [-0.1, -0.05) is 140 Å². The fourth-order valence-corrected chi connectivity index (χ4v) is 8.57. The fraction of sp³-hybridized carbons (Fsp3) is 0. The van der Waals surface area contributed by atoms with Crippen molar-refractivity contribution in [2.24, 2.45) is 0 Å².